The summed E-state index contributed by atoms with van der Waals surface area (Å²) in [6, 6.07) is 8.07. The molecule has 5 heteroatoms. The predicted octanol–water partition coefficient (Wildman–Crippen LogP) is 1.39. The van der Waals surface area contributed by atoms with E-state index in [-0.39, 0.29) is 10.9 Å². The summed E-state index contributed by atoms with van der Waals surface area (Å²) in [6.45, 7) is 4.61. The molecule has 0 saturated carbocycles. The fourth-order valence-corrected chi connectivity index (χ4v) is 2.51. The van der Waals surface area contributed by atoms with Crippen LogP contribution in [0.2, 0.25) is 0 Å². The lowest BCUT2D eigenvalue weighted by Gasteiger charge is -2.13. The fraction of sp³-hybridized carbons (Fsp3) is 0.455. The van der Waals surface area contributed by atoms with Gasteiger partial charge in [0.15, 0.2) is 0 Å². The minimum Gasteiger partial charge on any atom is -0.380 e. The van der Waals surface area contributed by atoms with Crippen molar-refractivity contribution in [1.29, 1.82) is 0 Å². The third kappa shape index (κ3) is 3.92. The molecule has 1 rings (SSSR count). The van der Waals surface area contributed by atoms with E-state index in [4.69, 9.17) is 4.74 Å². The molecular weight excluding hydrogens is 226 g/mol. The molecule has 0 aliphatic rings. The summed E-state index contributed by atoms with van der Waals surface area (Å²) in [7, 11) is -3.42. The average Bonchev–Trinajstić information content (AvgIpc) is 2.27. The van der Waals surface area contributed by atoms with Gasteiger partial charge >= 0.3 is 0 Å². The smallest absolute Gasteiger partial charge is 0.240 e. The Balaban J connectivity index is 2.66. The van der Waals surface area contributed by atoms with Crippen molar-refractivity contribution in [3.8, 4) is 0 Å². The van der Waals surface area contributed by atoms with E-state index >= 15 is 0 Å². The summed E-state index contributed by atoms with van der Waals surface area (Å²) in [5, 5.41) is 0. The molecule has 1 N–H and O–H groups in total. The first-order chi connectivity index (χ1) is 7.56. The van der Waals surface area contributed by atoms with Gasteiger partial charge in [-0.05, 0) is 26.0 Å². The zero-order valence-corrected chi connectivity index (χ0v) is 10.3. The minimum atomic E-state index is -3.42. The first kappa shape index (κ1) is 13.2. The molecular formula is C11H17NO3S. The Labute approximate surface area is 96.7 Å². The lowest BCUT2D eigenvalue weighted by molar-refractivity contribution is 0.133. The van der Waals surface area contributed by atoms with Crippen LogP contribution in [0, 0.1) is 0 Å². The molecule has 4 nitrogen and oxygen atoms in total. The first-order valence-corrected chi connectivity index (χ1v) is 6.69. The van der Waals surface area contributed by atoms with Crippen LogP contribution in [0.1, 0.15) is 13.8 Å². The van der Waals surface area contributed by atoms with E-state index < -0.39 is 10.0 Å². The monoisotopic (exact) mass is 243 g/mol. The van der Waals surface area contributed by atoms with Crippen LogP contribution >= 0.6 is 0 Å². The molecule has 0 radical (unpaired) electrons. The number of sulfonamides is 1. The van der Waals surface area contributed by atoms with Crippen LogP contribution in [0.15, 0.2) is 35.2 Å². The SMILES string of the molecule is CCOCC(C)NS(=O)(=O)c1ccccc1. The first-order valence-electron chi connectivity index (χ1n) is 5.21. The van der Waals surface area contributed by atoms with Gasteiger partial charge in [-0.3, -0.25) is 0 Å². The van der Waals surface area contributed by atoms with Crippen molar-refractivity contribution in [2.45, 2.75) is 24.8 Å². The summed E-state index contributed by atoms with van der Waals surface area (Å²) in [6.07, 6.45) is 0. The van der Waals surface area contributed by atoms with Gasteiger partial charge in [0, 0.05) is 12.6 Å². The van der Waals surface area contributed by atoms with Gasteiger partial charge in [0.2, 0.25) is 10.0 Å². The zero-order chi connectivity index (χ0) is 12.0. The molecule has 0 aromatic heterocycles. The van der Waals surface area contributed by atoms with Crippen molar-refractivity contribution in [2.75, 3.05) is 13.2 Å². The quantitative estimate of drug-likeness (QED) is 0.821. The molecule has 90 valence electrons. The molecule has 0 fully saturated rings. The van der Waals surface area contributed by atoms with Gasteiger partial charge in [-0.2, -0.15) is 0 Å². The molecule has 1 atom stereocenters. The van der Waals surface area contributed by atoms with Crippen LogP contribution in [0.5, 0.6) is 0 Å². The Bertz CT molecular complexity index is 402. The Morgan fingerprint density at radius 2 is 1.94 bits per heavy atom. The molecule has 0 bridgehead atoms. The number of benzene rings is 1. The minimum absolute atomic E-state index is 0.231. The molecule has 0 heterocycles. The van der Waals surface area contributed by atoms with Gasteiger partial charge in [-0.15, -0.1) is 0 Å². The number of nitrogens with one attached hydrogen (secondary N) is 1. The molecule has 0 aliphatic carbocycles. The van der Waals surface area contributed by atoms with Crippen LogP contribution < -0.4 is 4.72 Å². The van der Waals surface area contributed by atoms with E-state index in [9.17, 15) is 8.42 Å². The molecule has 1 aromatic rings. The molecule has 0 saturated heterocycles. The Kier molecular flexibility index (Phi) is 4.92. The lowest BCUT2D eigenvalue weighted by Crippen LogP contribution is -2.35. The molecule has 1 aromatic carbocycles. The van der Waals surface area contributed by atoms with E-state index in [2.05, 4.69) is 4.72 Å². The summed E-state index contributed by atoms with van der Waals surface area (Å²) in [4.78, 5) is 0.276. The van der Waals surface area contributed by atoms with Crippen molar-refractivity contribution < 1.29 is 13.2 Å². The maximum absolute atomic E-state index is 11.8. The summed E-state index contributed by atoms with van der Waals surface area (Å²) < 4.78 is 31.4. The molecule has 1 unspecified atom stereocenters. The fourth-order valence-electron chi connectivity index (χ4n) is 1.26. The van der Waals surface area contributed by atoms with E-state index in [0.717, 1.165) is 0 Å². The van der Waals surface area contributed by atoms with Gasteiger partial charge in [0.1, 0.15) is 0 Å². The number of hydrogen-bond donors (Lipinski definition) is 1. The van der Waals surface area contributed by atoms with E-state index in [1.807, 2.05) is 6.92 Å². The van der Waals surface area contributed by atoms with Crippen LogP contribution in [-0.4, -0.2) is 27.7 Å². The normalized spacial score (nSPS) is 13.6. The van der Waals surface area contributed by atoms with E-state index in [0.29, 0.717) is 13.2 Å². The van der Waals surface area contributed by atoms with Crippen LogP contribution in [0.25, 0.3) is 0 Å². The third-order valence-corrected chi connectivity index (χ3v) is 3.59. The topological polar surface area (TPSA) is 55.4 Å². The van der Waals surface area contributed by atoms with Gasteiger partial charge in [0.25, 0.3) is 0 Å². The second kappa shape index (κ2) is 5.98. The molecule has 16 heavy (non-hydrogen) atoms. The maximum Gasteiger partial charge on any atom is 0.240 e. The Hall–Kier alpha value is -0.910. The van der Waals surface area contributed by atoms with Gasteiger partial charge in [-0.1, -0.05) is 18.2 Å². The van der Waals surface area contributed by atoms with Crippen LogP contribution in [0.3, 0.4) is 0 Å². The highest BCUT2D eigenvalue weighted by Gasteiger charge is 2.16. The van der Waals surface area contributed by atoms with Gasteiger partial charge in [-0.25, -0.2) is 13.1 Å². The third-order valence-electron chi connectivity index (χ3n) is 1.98. The predicted molar refractivity (Wildman–Crippen MR) is 62.7 cm³/mol. The zero-order valence-electron chi connectivity index (χ0n) is 9.51. The van der Waals surface area contributed by atoms with E-state index in [1.54, 1.807) is 37.3 Å². The van der Waals surface area contributed by atoms with Crippen molar-refractivity contribution in [2.24, 2.45) is 0 Å². The summed E-state index contributed by atoms with van der Waals surface area (Å²) in [5.74, 6) is 0. The number of hydrogen-bond acceptors (Lipinski definition) is 3. The molecule has 0 amide bonds. The largest absolute Gasteiger partial charge is 0.380 e. The number of rotatable bonds is 6. The highest BCUT2D eigenvalue weighted by Crippen LogP contribution is 2.07. The van der Waals surface area contributed by atoms with Crippen molar-refractivity contribution in [1.82, 2.24) is 4.72 Å². The van der Waals surface area contributed by atoms with E-state index in [1.165, 1.54) is 0 Å². The maximum atomic E-state index is 11.8. The number of ether oxygens (including phenoxy) is 1. The van der Waals surface area contributed by atoms with Crippen molar-refractivity contribution >= 4 is 10.0 Å². The second-order valence-electron chi connectivity index (χ2n) is 3.49. The van der Waals surface area contributed by atoms with Crippen LogP contribution in [-0.2, 0) is 14.8 Å². The van der Waals surface area contributed by atoms with Crippen LogP contribution in [0.4, 0.5) is 0 Å². The highest BCUT2D eigenvalue weighted by molar-refractivity contribution is 7.89. The summed E-state index contributed by atoms with van der Waals surface area (Å²) in [5.41, 5.74) is 0. The molecule has 0 spiro atoms. The molecule has 0 aliphatic heterocycles. The highest BCUT2D eigenvalue weighted by atomic mass is 32.2. The standard InChI is InChI=1S/C11H17NO3S/c1-3-15-9-10(2)12-16(13,14)11-7-5-4-6-8-11/h4-8,10,12H,3,9H2,1-2H3. The lowest BCUT2D eigenvalue weighted by atomic mass is 10.4. The Morgan fingerprint density at radius 3 is 2.50 bits per heavy atom. The Morgan fingerprint density at radius 1 is 1.31 bits per heavy atom. The van der Waals surface area contributed by atoms with Gasteiger partial charge in [0.05, 0.1) is 11.5 Å². The summed E-state index contributed by atoms with van der Waals surface area (Å²) >= 11 is 0. The van der Waals surface area contributed by atoms with Crippen molar-refractivity contribution in [3.05, 3.63) is 30.3 Å². The van der Waals surface area contributed by atoms with Gasteiger partial charge < -0.3 is 4.74 Å². The second-order valence-corrected chi connectivity index (χ2v) is 5.21. The average molecular weight is 243 g/mol. The van der Waals surface area contributed by atoms with Crippen molar-refractivity contribution in [3.63, 3.8) is 0 Å².